The van der Waals surface area contributed by atoms with Crippen LogP contribution < -0.4 is 15.6 Å². The number of nitriles is 1. The van der Waals surface area contributed by atoms with E-state index in [1.165, 1.54) is 7.11 Å². The number of nitrogens with one attached hydrogen (secondary N) is 2. The molecule has 3 N–H and O–H groups in total. The highest BCUT2D eigenvalue weighted by molar-refractivity contribution is 5.66. The van der Waals surface area contributed by atoms with Gasteiger partial charge in [0, 0.05) is 5.56 Å². The van der Waals surface area contributed by atoms with Gasteiger partial charge in [0.15, 0.2) is 0 Å². The second-order valence-corrected chi connectivity index (χ2v) is 5.22. The van der Waals surface area contributed by atoms with Crippen molar-refractivity contribution in [3.05, 3.63) is 29.8 Å². The van der Waals surface area contributed by atoms with Gasteiger partial charge in [0.1, 0.15) is 23.5 Å². The Labute approximate surface area is 122 Å². The van der Waals surface area contributed by atoms with Crippen molar-refractivity contribution < 1.29 is 19.4 Å². The number of benzene rings is 1. The molecule has 1 aromatic rings. The smallest absolute Gasteiger partial charge is 0.421 e. The lowest BCUT2D eigenvalue weighted by atomic mass is 9.75. The summed E-state index contributed by atoms with van der Waals surface area (Å²) in [7, 11) is 1.22. The fourth-order valence-electron chi connectivity index (χ4n) is 2.30. The number of hydrogen-bond acceptors (Lipinski definition) is 6. The SMILES string of the molecule is COC(=O)NNC1c2ccccc2OC(C)(C)C1(O)C#N. The standard InChI is InChI=1S/C14H17N3O4/c1-13(2)14(19,8-15)11(16-17-12(18)20-3)9-6-4-5-7-10(9)21-13/h4-7,11,16,19H,1-3H3,(H,17,18). The van der Waals surface area contributed by atoms with Crippen molar-refractivity contribution in [3.63, 3.8) is 0 Å². The van der Waals surface area contributed by atoms with E-state index in [1.54, 1.807) is 38.1 Å². The highest BCUT2D eigenvalue weighted by Gasteiger charge is 2.56. The molecule has 0 fully saturated rings. The highest BCUT2D eigenvalue weighted by atomic mass is 16.5. The lowest BCUT2D eigenvalue weighted by Gasteiger charge is -2.47. The van der Waals surface area contributed by atoms with Crippen molar-refractivity contribution in [1.82, 2.24) is 10.9 Å². The summed E-state index contributed by atoms with van der Waals surface area (Å²) in [5.74, 6) is 0.534. The third kappa shape index (κ3) is 2.39. The maximum Gasteiger partial charge on any atom is 0.421 e. The predicted molar refractivity (Wildman–Crippen MR) is 73.1 cm³/mol. The summed E-state index contributed by atoms with van der Waals surface area (Å²) in [5, 5.41) is 20.2. The van der Waals surface area contributed by atoms with Crippen molar-refractivity contribution in [3.8, 4) is 11.8 Å². The maximum absolute atomic E-state index is 11.2. The number of rotatable bonds is 2. The summed E-state index contributed by atoms with van der Waals surface area (Å²) in [6.07, 6.45) is -0.725. The number of hydrazine groups is 1. The fourth-order valence-corrected chi connectivity index (χ4v) is 2.30. The fraction of sp³-hybridized carbons (Fsp3) is 0.429. The molecule has 2 atom stereocenters. The lowest BCUT2D eigenvalue weighted by Crippen LogP contribution is -2.64. The van der Waals surface area contributed by atoms with Crippen molar-refractivity contribution in [2.45, 2.75) is 31.1 Å². The molecule has 0 saturated heterocycles. The van der Waals surface area contributed by atoms with Crippen LogP contribution in [0.2, 0.25) is 0 Å². The Kier molecular flexibility index (Phi) is 3.77. The van der Waals surface area contributed by atoms with Gasteiger partial charge in [0.05, 0.1) is 7.11 Å². The molecule has 1 amide bonds. The molecule has 21 heavy (non-hydrogen) atoms. The number of carbonyl (C=O) groups excluding carboxylic acids is 1. The number of nitrogens with zero attached hydrogens (tertiary/aromatic N) is 1. The number of methoxy groups -OCH3 is 1. The predicted octanol–water partition coefficient (Wildman–Crippen LogP) is 1.01. The van der Waals surface area contributed by atoms with Gasteiger partial charge in [-0.2, -0.15) is 5.26 Å². The van der Waals surface area contributed by atoms with Crippen LogP contribution in [0, 0.1) is 11.3 Å². The Morgan fingerprint density at radius 2 is 2.14 bits per heavy atom. The van der Waals surface area contributed by atoms with E-state index in [0.717, 1.165) is 0 Å². The maximum atomic E-state index is 11.2. The first kappa shape index (κ1) is 15.1. The zero-order valence-electron chi connectivity index (χ0n) is 12.0. The van der Waals surface area contributed by atoms with Gasteiger partial charge < -0.3 is 14.6 Å². The van der Waals surface area contributed by atoms with Crippen LogP contribution in [0.3, 0.4) is 0 Å². The molecule has 1 aromatic carbocycles. The first-order valence-electron chi connectivity index (χ1n) is 6.37. The third-order valence-electron chi connectivity index (χ3n) is 3.61. The zero-order valence-corrected chi connectivity index (χ0v) is 12.0. The Hall–Kier alpha value is -2.30. The number of fused-ring (bicyclic) bond motifs is 1. The number of carbonyl (C=O) groups is 1. The Morgan fingerprint density at radius 3 is 2.76 bits per heavy atom. The minimum absolute atomic E-state index is 0.534. The molecule has 0 saturated carbocycles. The summed E-state index contributed by atoms with van der Waals surface area (Å²) in [4.78, 5) is 11.2. The van der Waals surface area contributed by atoms with Crippen LogP contribution in [0.25, 0.3) is 0 Å². The largest absolute Gasteiger partial charge is 0.483 e. The number of ether oxygens (including phenoxy) is 2. The molecule has 1 heterocycles. The first-order valence-corrected chi connectivity index (χ1v) is 6.37. The molecule has 1 aliphatic heterocycles. The topological polar surface area (TPSA) is 104 Å². The zero-order chi connectivity index (χ0) is 15.7. The molecule has 0 bridgehead atoms. The number of amides is 1. The van der Waals surface area contributed by atoms with Gasteiger partial charge >= 0.3 is 6.09 Å². The van der Waals surface area contributed by atoms with E-state index in [1.807, 2.05) is 6.07 Å². The summed E-state index contributed by atoms with van der Waals surface area (Å²) in [6.45, 7) is 3.22. The normalized spacial score (nSPS) is 26.0. The van der Waals surface area contributed by atoms with Crippen molar-refractivity contribution >= 4 is 6.09 Å². The molecule has 7 heteroatoms. The molecule has 0 aromatic heterocycles. The quantitative estimate of drug-likeness (QED) is 0.555. The van der Waals surface area contributed by atoms with E-state index in [0.29, 0.717) is 11.3 Å². The van der Waals surface area contributed by atoms with Crippen molar-refractivity contribution in [2.24, 2.45) is 0 Å². The number of hydrogen-bond donors (Lipinski definition) is 3. The minimum Gasteiger partial charge on any atom is -0.483 e. The van der Waals surface area contributed by atoms with Crippen LogP contribution in [-0.4, -0.2) is 29.5 Å². The summed E-state index contributed by atoms with van der Waals surface area (Å²) in [6, 6.07) is 8.00. The Bertz CT molecular complexity index is 596. The average molecular weight is 291 g/mol. The minimum atomic E-state index is -1.89. The van der Waals surface area contributed by atoms with Gasteiger partial charge in [-0.15, -0.1) is 0 Å². The molecule has 2 unspecified atom stereocenters. The van der Waals surface area contributed by atoms with E-state index >= 15 is 0 Å². The first-order chi connectivity index (χ1) is 9.85. The van der Waals surface area contributed by atoms with Crippen LogP contribution in [0.1, 0.15) is 25.5 Å². The van der Waals surface area contributed by atoms with Crippen LogP contribution in [-0.2, 0) is 4.74 Å². The van der Waals surface area contributed by atoms with Crippen LogP contribution in [0.5, 0.6) is 5.75 Å². The highest BCUT2D eigenvalue weighted by Crippen LogP contribution is 2.45. The van der Waals surface area contributed by atoms with Crippen LogP contribution in [0.4, 0.5) is 4.79 Å². The van der Waals surface area contributed by atoms with E-state index in [4.69, 9.17) is 4.74 Å². The summed E-state index contributed by atoms with van der Waals surface area (Å²) < 4.78 is 10.2. The average Bonchev–Trinajstić information content (AvgIpc) is 2.46. The molecular formula is C14H17N3O4. The molecular weight excluding hydrogens is 274 g/mol. The Balaban J connectivity index is 2.45. The third-order valence-corrected chi connectivity index (χ3v) is 3.61. The molecule has 112 valence electrons. The van der Waals surface area contributed by atoms with Crippen molar-refractivity contribution in [2.75, 3.05) is 7.11 Å². The number of para-hydroxylation sites is 1. The summed E-state index contributed by atoms with van der Waals surface area (Å²) in [5.41, 5.74) is 2.45. The summed E-state index contributed by atoms with van der Waals surface area (Å²) >= 11 is 0. The van der Waals surface area contributed by atoms with Crippen LogP contribution >= 0.6 is 0 Å². The second kappa shape index (κ2) is 5.24. The van der Waals surface area contributed by atoms with Gasteiger partial charge in [0.2, 0.25) is 5.60 Å². The van der Waals surface area contributed by atoms with Crippen LogP contribution in [0.15, 0.2) is 24.3 Å². The van der Waals surface area contributed by atoms with Gasteiger partial charge in [-0.05, 0) is 19.9 Å². The molecule has 1 aliphatic rings. The molecule has 0 spiro atoms. The Morgan fingerprint density at radius 1 is 1.48 bits per heavy atom. The van der Waals surface area contributed by atoms with E-state index in [9.17, 15) is 15.2 Å². The van der Waals surface area contributed by atoms with Gasteiger partial charge in [-0.3, -0.25) is 5.43 Å². The second-order valence-electron chi connectivity index (χ2n) is 5.22. The van der Waals surface area contributed by atoms with Gasteiger partial charge in [-0.25, -0.2) is 10.2 Å². The lowest BCUT2D eigenvalue weighted by molar-refractivity contribution is -0.116. The molecule has 0 aliphatic carbocycles. The van der Waals surface area contributed by atoms with E-state index in [-0.39, 0.29) is 0 Å². The monoisotopic (exact) mass is 291 g/mol. The van der Waals surface area contributed by atoms with E-state index in [2.05, 4.69) is 15.6 Å². The number of aliphatic hydroxyl groups is 1. The molecule has 0 radical (unpaired) electrons. The molecule has 7 nitrogen and oxygen atoms in total. The molecule has 2 rings (SSSR count). The van der Waals surface area contributed by atoms with Gasteiger partial charge in [0.25, 0.3) is 0 Å². The van der Waals surface area contributed by atoms with Crippen molar-refractivity contribution in [1.29, 1.82) is 5.26 Å². The van der Waals surface area contributed by atoms with Gasteiger partial charge in [-0.1, -0.05) is 18.2 Å². The van der Waals surface area contributed by atoms with E-state index < -0.39 is 23.3 Å².